The molecule has 1 heterocycles. The number of hydrogen-bond donors (Lipinski definition) is 1. The van der Waals surface area contributed by atoms with Crippen LogP contribution >= 0.6 is 0 Å². The van der Waals surface area contributed by atoms with E-state index >= 15 is 0 Å². The van der Waals surface area contributed by atoms with Crippen molar-refractivity contribution in [1.29, 1.82) is 0 Å². The number of nitrogens with one attached hydrogen (secondary N) is 1. The Balaban J connectivity index is 1.64. The van der Waals surface area contributed by atoms with Gasteiger partial charge in [-0.15, -0.1) is 0 Å². The first kappa shape index (κ1) is 19.2. The molecule has 1 amide bonds. The summed E-state index contributed by atoms with van der Waals surface area (Å²) < 4.78 is 64.0. The number of hydrogen-bond acceptors (Lipinski definition) is 3. The van der Waals surface area contributed by atoms with E-state index in [0.717, 1.165) is 12.3 Å². The summed E-state index contributed by atoms with van der Waals surface area (Å²) in [5, 5.41) is 2.81. The van der Waals surface area contributed by atoms with Gasteiger partial charge in [0.15, 0.2) is 0 Å². The van der Waals surface area contributed by atoms with Crippen LogP contribution in [0.1, 0.15) is 36.3 Å². The molecule has 1 aliphatic heterocycles. The molecule has 9 heteroatoms. The summed E-state index contributed by atoms with van der Waals surface area (Å²) >= 11 is 0. The first-order chi connectivity index (χ1) is 12.1. The minimum Gasteiger partial charge on any atom is -0.352 e. The molecule has 1 aliphatic carbocycles. The molecule has 1 aromatic rings. The van der Waals surface area contributed by atoms with Crippen LogP contribution in [0.2, 0.25) is 0 Å². The lowest BCUT2D eigenvalue weighted by molar-refractivity contribution is -0.138. The molecule has 1 aromatic carbocycles. The Kier molecular flexibility index (Phi) is 5.04. The van der Waals surface area contributed by atoms with Gasteiger partial charge in [-0.3, -0.25) is 4.79 Å². The Labute approximate surface area is 150 Å². The second-order valence-corrected chi connectivity index (χ2v) is 8.98. The Bertz CT molecular complexity index is 795. The summed E-state index contributed by atoms with van der Waals surface area (Å²) in [5.74, 6) is -1.23. The van der Waals surface area contributed by atoms with Crippen LogP contribution in [0.15, 0.2) is 24.3 Å². The number of amides is 1. The van der Waals surface area contributed by atoms with Gasteiger partial charge in [0.25, 0.3) is 0 Å². The molecule has 144 valence electrons. The molecular weight excluding hydrogens is 369 g/mol. The summed E-state index contributed by atoms with van der Waals surface area (Å²) in [6.45, 7) is 0.636. The van der Waals surface area contributed by atoms with E-state index in [1.54, 1.807) is 6.07 Å². The van der Waals surface area contributed by atoms with Crippen molar-refractivity contribution in [3.8, 4) is 0 Å². The number of nitrogens with zero attached hydrogens (tertiary/aromatic N) is 1. The largest absolute Gasteiger partial charge is 0.416 e. The van der Waals surface area contributed by atoms with Crippen molar-refractivity contribution >= 4 is 15.9 Å². The van der Waals surface area contributed by atoms with Crippen LogP contribution in [-0.4, -0.2) is 44.0 Å². The van der Waals surface area contributed by atoms with Crippen LogP contribution in [0.4, 0.5) is 13.2 Å². The van der Waals surface area contributed by atoms with Crippen molar-refractivity contribution in [3.63, 3.8) is 0 Å². The van der Waals surface area contributed by atoms with E-state index in [2.05, 4.69) is 5.32 Å². The molecule has 2 fully saturated rings. The molecule has 1 N–H and O–H groups in total. The minimum atomic E-state index is -4.44. The van der Waals surface area contributed by atoms with E-state index in [-0.39, 0.29) is 24.1 Å². The lowest BCUT2D eigenvalue weighted by Crippen LogP contribution is -2.49. The quantitative estimate of drug-likeness (QED) is 0.858. The molecule has 0 unspecified atom stereocenters. The van der Waals surface area contributed by atoms with E-state index in [9.17, 15) is 26.4 Å². The number of halogens is 3. The minimum absolute atomic E-state index is 0.154. The Hall–Kier alpha value is -1.61. The van der Waals surface area contributed by atoms with E-state index in [0.29, 0.717) is 25.8 Å². The van der Waals surface area contributed by atoms with Gasteiger partial charge in [-0.25, -0.2) is 12.7 Å². The van der Waals surface area contributed by atoms with Crippen molar-refractivity contribution in [2.75, 3.05) is 19.3 Å². The predicted molar refractivity (Wildman–Crippen MR) is 89.9 cm³/mol. The number of sulfonamides is 1. The third-order valence-electron chi connectivity index (χ3n) is 4.99. The highest BCUT2D eigenvalue weighted by atomic mass is 32.2. The SMILES string of the molecule is CS(=O)(=O)N1CCC[C@H](NC(=O)[C@H]2C[C@H]2c2ccccc2C(F)(F)F)C1. The summed E-state index contributed by atoms with van der Waals surface area (Å²) in [6.07, 6.45) is -1.64. The topological polar surface area (TPSA) is 66.5 Å². The van der Waals surface area contributed by atoms with Gasteiger partial charge in [0.2, 0.25) is 15.9 Å². The summed E-state index contributed by atoms with van der Waals surface area (Å²) in [6, 6.07) is 5.04. The smallest absolute Gasteiger partial charge is 0.352 e. The van der Waals surface area contributed by atoms with Crippen LogP contribution in [0, 0.1) is 5.92 Å². The number of piperidine rings is 1. The molecule has 1 saturated heterocycles. The van der Waals surface area contributed by atoms with E-state index in [4.69, 9.17) is 0 Å². The number of alkyl halides is 3. The van der Waals surface area contributed by atoms with Crippen molar-refractivity contribution in [2.45, 2.75) is 37.4 Å². The highest BCUT2D eigenvalue weighted by Crippen LogP contribution is 2.51. The molecule has 3 atom stereocenters. The van der Waals surface area contributed by atoms with E-state index in [1.807, 2.05) is 0 Å². The Morgan fingerprint density at radius 3 is 2.62 bits per heavy atom. The zero-order chi connectivity index (χ0) is 19.1. The van der Waals surface area contributed by atoms with Gasteiger partial charge in [-0.1, -0.05) is 18.2 Å². The molecule has 3 rings (SSSR count). The first-order valence-corrected chi connectivity index (χ1v) is 10.3. The third kappa shape index (κ3) is 4.20. The van der Waals surface area contributed by atoms with Crippen LogP contribution in [-0.2, 0) is 21.0 Å². The van der Waals surface area contributed by atoms with Crippen LogP contribution in [0.3, 0.4) is 0 Å². The van der Waals surface area contributed by atoms with Crippen molar-refractivity contribution in [1.82, 2.24) is 9.62 Å². The number of carbonyl (C=O) groups is 1. The van der Waals surface area contributed by atoms with E-state index in [1.165, 1.54) is 16.4 Å². The Morgan fingerprint density at radius 2 is 1.96 bits per heavy atom. The van der Waals surface area contributed by atoms with Crippen molar-refractivity contribution < 1.29 is 26.4 Å². The second-order valence-electron chi connectivity index (χ2n) is 7.00. The summed E-state index contributed by atoms with van der Waals surface area (Å²) in [4.78, 5) is 12.4. The second kappa shape index (κ2) is 6.84. The zero-order valence-corrected chi connectivity index (χ0v) is 15.1. The standard InChI is InChI=1S/C17H21F3N2O3S/c1-26(24,25)22-8-4-5-11(10-22)21-16(23)14-9-13(14)12-6-2-3-7-15(12)17(18,19)20/h2-3,6-7,11,13-14H,4-5,8-10H2,1H3,(H,21,23)/t11-,13-,14-/m0/s1. The van der Waals surface area contributed by atoms with Crippen LogP contribution in [0.25, 0.3) is 0 Å². The molecular formula is C17H21F3N2O3S. The third-order valence-corrected chi connectivity index (χ3v) is 6.26. The molecule has 0 aromatic heterocycles. The van der Waals surface area contributed by atoms with Gasteiger partial charge in [-0.2, -0.15) is 13.2 Å². The normalized spacial score (nSPS) is 27.2. The van der Waals surface area contributed by atoms with Crippen molar-refractivity contribution in [3.05, 3.63) is 35.4 Å². The molecule has 26 heavy (non-hydrogen) atoms. The fourth-order valence-electron chi connectivity index (χ4n) is 3.58. The monoisotopic (exact) mass is 390 g/mol. The predicted octanol–water partition coefficient (Wildman–Crippen LogP) is 2.35. The van der Waals surface area contributed by atoms with Gasteiger partial charge in [0.05, 0.1) is 11.8 Å². The summed E-state index contributed by atoms with van der Waals surface area (Å²) in [7, 11) is -3.32. The maximum atomic E-state index is 13.1. The van der Waals surface area contributed by atoms with Gasteiger partial charge in [0.1, 0.15) is 0 Å². The maximum absolute atomic E-state index is 13.1. The lowest BCUT2D eigenvalue weighted by atomic mass is 10.0. The molecule has 2 aliphatic rings. The maximum Gasteiger partial charge on any atom is 0.416 e. The van der Waals surface area contributed by atoms with Gasteiger partial charge < -0.3 is 5.32 Å². The average Bonchev–Trinajstić information content (AvgIpc) is 3.34. The van der Waals surface area contributed by atoms with Crippen LogP contribution in [0.5, 0.6) is 0 Å². The molecule has 1 saturated carbocycles. The Morgan fingerprint density at radius 1 is 1.27 bits per heavy atom. The number of carbonyl (C=O) groups excluding carboxylic acids is 1. The molecule has 0 radical (unpaired) electrons. The molecule has 0 bridgehead atoms. The number of benzene rings is 1. The first-order valence-electron chi connectivity index (χ1n) is 8.49. The molecule has 5 nitrogen and oxygen atoms in total. The van der Waals surface area contributed by atoms with E-state index < -0.39 is 33.6 Å². The molecule has 0 spiro atoms. The summed E-state index contributed by atoms with van der Waals surface area (Å²) in [5.41, 5.74) is -0.539. The number of rotatable bonds is 4. The lowest BCUT2D eigenvalue weighted by Gasteiger charge is -2.31. The van der Waals surface area contributed by atoms with Crippen molar-refractivity contribution in [2.24, 2.45) is 5.92 Å². The van der Waals surface area contributed by atoms with Gasteiger partial charge >= 0.3 is 6.18 Å². The fourth-order valence-corrected chi connectivity index (χ4v) is 4.49. The van der Waals surface area contributed by atoms with Crippen LogP contribution < -0.4 is 5.32 Å². The average molecular weight is 390 g/mol. The highest BCUT2D eigenvalue weighted by Gasteiger charge is 2.48. The fraction of sp³-hybridized carbons (Fsp3) is 0.588. The zero-order valence-electron chi connectivity index (χ0n) is 14.3. The van der Waals surface area contributed by atoms with Gasteiger partial charge in [-0.05, 0) is 36.8 Å². The van der Waals surface area contributed by atoms with Gasteiger partial charge in [0, 0.05) is 25.0 Å². The highest BCUT2D eigenvalue weighted by molar-refractivity contribution is 7.88.